The first-order valence-corrected chi connectivity index (χ1v) is 7.64. The number of nitrogens with one attached hydrogen (secondary N) is 1. The van der Waals surface area contributed by atoms with Gasteiger partial charge in [0.15, 0.2) is 0 Å². The largest absolute Gasteiger partial charge is 0.465 e. The topological polar surface area (TPSA) is 81.7 Å². The molecule has 0 saturated heterocycles. The Morgan fingerprint density at radius 2 is 1.95 bits per heavy atom. The lowest BCUT2D eigenvalue weighted by molar-refractivity contribution is -0.113. The lowest BCUT2D eigenvalue weighted by Crippen LogP contribution is -2.15. The van der Waals surface area contributed by atoms with Gasteiger partial charge in [-0.1, -0.05) is 15.9 Å². The number of rotatable bonds is 5. The number of hydrogen-bond acceptors (Lipinski definition) is 6. The van der Waals surface area contributed by atoms with Gasteiger partial charge in [0.2, 0.25) is 5.91 Å². The molecule has 0 saturated carbocycles. The zero-order valence-electron chi connectivity index (χ0n) is 11.2. The van der Waals surface area contributed by atoms with E-state index in [0.717, 1.165) is 11.3 Å². The molecular weight excluding hydrogens is 350 g/mol. The highest BCUT2D eigenvalue weighted by Gasteiger charge is 2.26. The van der Waals surface area contributed by atoms with Gasteiger partial charge in [-0.2, -0.15) is 0 Å². The number of thiophene rings is 1. The summed E-state index contributed by atoms with van der Waals surface area (Å²) >= 11 is 4.01. The monoisotopic (exact) mass is 363 g/mol. The average Bonchev–Trinajstić information content (AvgIpc) is 2.74. The van der Waals surface area contributed by atoms with Gasteiger partial charge in [0, 0.05) is 0 Å². The maximum absolute atomic E-state index is 11.9. The molecule has 20 heavy (non-hydrogen) atoms. The molecule has 0 radical (unpaired) electrons. The van der Waals surface area contributed by atoms with Crippen LogP contribution < -0.4 is 5.32 Å². The SMILES string of the molecule is CCOC(=O)c1c(NC(=O)CBr)sc(C(=O)OC)c1C. The van der Waals surface area contributed by atoms with Crippen molar-refractivity contribution < 1.29 is 23.9 Å². The fourth-order valence-corrected chi connectivity index (χ4v) is 2.77. The summed E-state index contributed by atoms with van der Waals surface area (Å²) in [7, 11) is 1.25. The van der Waals surface area contributed by atoms with E-state index in [1.807, 2.05) is 0 Å². The predicted molar refractivity (Wildman–Crippen MR) is 78.8 cm³/mol. The van der Waals surface area contributed by atoms with E-state index in [0.29, 0.717) is 5.56 Å². The Labute approximate surface area is 128 Å². The molecule has 0 aliphatic rings. The van der Waals surface area contributed by atoms with Gasteiger partial charge in [-0.25, -0.2) is 9.59 Å². The number of hydrogen-bond donors (Lipinski definition) is 1. The summed E-state index contributed by atoms with van der Waals surface area (Å²) in [6.07, 6.45) is 0. The van der Waals surface area contributed by atoms with Crippen LogP contribution in [0, 0.1) is 6.92 Å². The molecule has 0 aromatic carbocycles. The Hall–Kier alpha value is -1.41. The van der Waals surface area contributed by atoms with Crippen LogP contribution in [0.1, 0.15) is 32.5 Å². The highest BCUT2D eigenvalue weighted by atomic mass is 79.9. The van der Waals surface area contributed by atoms with E-state index in [2.05, 4.69) is 26.0 Å². The second-order valence-corrected chi connectivity index (χ2v) is 5.24. The molecule has 1 aromatic rings. The first kappa shape index (κ1) is 16.6. The van der Waals surface area contributed by atoms with Crippen molar-refractivity contribution in [1.29, 1.82) is 0 Å². The number of carbonyl (C=O) groups is 3. The van der Waals surface area contributed by atoms with E-state index >= 15 is 0 Å². The molecule has 0 aliphatic carbocycles. The van der Waals surface area contributed by atoms with Crippen LogP contribution in [-0.2, 0) is 14.3 Å². The second kappa shape index (κ2) is 7.39. The summed E-state index contributed by atoms with van der Waals surface area (Å²) in [5.74, 6) is -1.47. The summed E-state index contributed by atoms with van der Waals surface area (Å²) in [6.45, 7) is 3.49. The molecule has 1 rings (SSSR count). The molecule has 1 heterocycles. The number of carbonyl (C=O) groups excluding carboxylic acids is 3. The predicted octanol–water partition coefficient (Wildman–Crippen LogP) is 2.35. The van der Waals surface area contributed by atoms with Crippen molar-refractivity contribution in [3.63, 3.8) is 0 Å². The third kappa shape index (κ3) is 3.57. The minimum Gasteiger partial charge on any atom is -0.465 e. The van der Waals surface area contributed by atoms with Crippen molar-refractivity contribution in [3.05, 3.63) is 16.0 Å². The number of amides is 1. The third-order valence-electron chi connectivity index (χ3n) is 2.37. The number of alkyl halides is 1. The third-order valence-corrected chi connectivity index (χ3v) is 4.07. The van der Waals surface area contributed by atoms with Crippen molar-refractivity contribution in [2.75, 3.05) is 24.4 Å². The van der Waals surface area contributed by atoms with Crippen LogP contribution in [-0.4, -0.2) is 36.9 Å². The Balaban J connectivity index is 3.28. The lowest BCUT2D eigenvalue weighted by atomic mass is 10.1. The van der Waals surface area contributed by atoms with E-state index in [-0.39, 0.29) is 33.3 Å². The van der Waals surface area contributed by atoms with Crippen LogP contribution in [0.15, 0.2) is 0 Å². The van der Waals surface area contributed by atoms with Crippen molar-refractivity contribution in [3.8, 4) is 0 Å². The summed E-state index contributed by atoms with van der Waals surface area (Å²) < 4.78 is 9.60. The van der Waals surface area contributed by atoms with E-state index in [4.69, 9.17) is 4.74 Å². The van der Waals surface area contributed by atoms with Crippen molar-refractivity contribution in [2.45, 2.75) is 13.8 Å². The molecule has 110 valence electrons. The molecule has 0 atom stereocenters. The standard InChI is InChI=1S/C12H14BrNO5S/c1-4-19-11(16)8-6(2)9(12(17)18-3)20-10(8)14-7(15)5-13/h4-5H2,1-3H3,(H,14,15). The van der Waals surface area contributed by atoms with Crippen LogP contribution in [0.2, 0.25) is 0 Å². The van der Waals surface area contributed by atoms with Crippen LogP contribution in [0.25, 0.3) is 0 Å². The molecule has 1 N–H and O–H groups in total. The lowest BCUT2D eigenvalue weighted by Gasteiger charge is -2.05. The summed E-state index contributed by atoms with van der Waals surface area (Å²) in [4.78, 5) is 35.3. The molecule has 0 unspecified atom stereocenters. The van der Waals surface area contributed by atoms with Gasteiger partial charge in [0.25, 0.3) is 0 Å². The molecule has 1 aromatic heterocycles. The van der Waals surface area contributed by atoms with E-state index in [1.165, 1.54) is 7.11 Å². The number of ether oxygens (including phenoxy) is 2. The van der Waals surface area contributed by atoms with Gasteiger partial charge >= 0.3 is 11.9 Å². The normalized spacial score (nSPS) is 10.0. The van der Waals surface area contributed by atoms with Crippen molar-refractivity contribution >= 4 is 50.1 Å². The van der Waals surface area contributed by atoms with Crippen LogP contribution in [0.5, 0.6) is 0 Å². The highest BCUT2D eigenvalue weighted by Crippen LogP contribution is 2.34. The Kier molecular flexibility index (Phi) is 6.15. The molecule has 8 heteroatoms. The zero-order valence-corrected chi connectivity index (χ0v) is 13.6. The maximum atomic E-state index is 11.9. The molecule has 0 spiro atoms. The van der Waals surface area contributed by atoms with Gasteiger partial charge in [0.1, 0.15) is 9.88 Å². The quantitative estimate of drug-likeness (QED) is 0.641. The van der Waals surface area contributed by atoms with Gasteiger partial charge in [-0.15, -0.1) is 11.3 Å². The fraction of sp³-hybridized carbons (Fsp3) is 0.417. The van der Waals surface area contributed by atoms with Crippen LogP contribution in [0.3, 0.4) is 0 Å². The minimum atomic E-state index is -0.582. The summed E-state index contributed by atoms with van der Waals surface area (Å²) in [6, 6.07) is 0. The number of halogens is 1. The Morgan fingerprint density at radius 3 is 2.45 bits per heavy atom. The first-order valence-electron chi connectivity index (χ1n) is 5.70. The number of anilines is 1. The van der Waals surface area contributed by atoms with Crippen LogP contribution >= 0.6 is 27.3 Å². The minimum absolute atomic E-state index is 0.0831. The molecule has 0 aliphatic heterocycles. The smallest absolute Gasteiger partial charge is 0.348 e. The Morgan fingerprint density at radius 1 is 1.30 bits per heavy atom. The van der Waals surface area contributed by atoms with E-state index < -0.39 is 11.9 Å². The van der Waals surface area contributed by atoms with Crippen molar-refractivity contribution in [1.82, 2.24) is 0 Å². The summed E-state index contributed by atoms with van der Waals surface area (Å²) in [5, 5.41) is 2.93. The fourth-order valence-electron chi connectivity index (χ4n) is 1.50. The summed E-state index contributed by atoms with van der Waals surface area (Å²) in [5.41, 5.74) is 0.622. The molecule has 0 bridgehead atoms. The zero-order chi connectivity index (χ0) is 15.3. The average molecular weight is 364 g/mol. The number of esters is 2. The van der Waals surface area contributed by atoms with Gasteiger partial charge < -0.3 is 14.8 Å². The van der Waals surface area contributed by atoms with E-state index in [9.17, 15) is 14.4 Å². The molecular formula is C12H14BrNO5S. The van der Waals surface area contributed by atoms with Gasteiger partial charge in [-0.3, -0.25) is 4.79 Å². The molecule has 6 nitrogen and oxygen atoms in total. The molecule has 1 amide bonds. The molecule has 0 fully saturated rings. The van der Waals surface area contributed by atoms with Crippen LogP contribution in [0.4, 0.5) is 5.00 Å². The Bertz CT molecular complexity index is 540. The second-order valence-electron chi connectivity index (χ2n) is 3.65. The number of methoxy groups -OCH3 is 1. The van der Waals surface area contributed by atoms with E-state index in [1.54, 1.807) is 13.8 Å². The highest BCUT2D eigenvalue weighted by molar-refractivity contribution is 9.09. The first-order chi connectivity index (χ1) is 9.46. The van der Waals surface area contributed by atoms with Gasteiger partial charge in [0.05, 0.1) is 24.6 Å². The maximum Gasteiger partial charge on any atom is 0.348 e. The van der Waals surface area contributed by atoms with Gasteiger partial charge in [-0.05, 0) is 19.4 Å². The van der Waals surface area contributed by atoms with Crippen molar-refractivity contribution in [2.24, 2.45) is 0 Å².